The molecule has 1 fully saturated rings. The number of amides is 1. The molecule has 1 saturated carbocycles. The fraction of sp³-hybridized carbons (Fsp3) is 0.833. The van der Waals surface area contributed by atoms with E-state index in [-0.39, 0.29) is 11.2 Å². The summed E-state index contributed by atoms with van der Waals surface area (Å²) in [5, 5.41) is 2.68. The molecule has 4 heteroatoms. The third kappa shape index (κ3) is 3.51. The Morgan fingerprint density at radius 2 is 1.88 bits per heavy atom. The molecule has 0 spiro atoms. The van der Waals surface area contributed by atoms with Gasteiger partial charge in [0, 0.05) is 18.4 Å². The van der Waals surface area contributed by atoms with Gasteiger partial charge in [-0.15, -0.1) is 0 Å². The van der Waals surface area contributed by atoms with Crippen molar-refractivity contribution in [3.63, 3.8) is 0 Å². The van der Waals surface area contributed by atoms with Gasteiger partial charge < -0.3 is 10.1 Å². The number of ether oxygens (including phenoxy) is 1. The molecule has 0 bridgehead atoms. The topological polar surface area (TPSA) is 55.4 Å². The van der Waals surface area contributed by atoms with Crippen molar-refractivity contribution in [3.05, 3.63) is 0 Å². The summed E-state index contributed by atoms with van der Waals surface area (Å²) in [6.45, 7) is 7.72. The summed E-state index contributed by atoms with van der Waals surface area (Å²) in [6.07, 6.45) is 1.86. The summed E-state index contributed by atoms with van der Waals surface area (Å²) < 4.78 is 5.11. The standard InChI is InChI=1S/C12H21NO3/c1-5-9(14)12(6-7-12)8-13-10(15)16-11(2,3)4/h5-8H2,1-4H3,(H,13,15). The molecule has 1 aliphatic carbocycles. The van der Waals surface area contributed by atoms with Crippen LogP contribution in [-0.2, 0) is 9.53 Å². The first kappa shape index (κ1) is 13.0. The smallest absolute Gasteiger partial charge is 0.407 e. The van der Waals surface area contributed by atoms with Crippen LogP contribution in [0.25, 0.3) is 0 Å². The summed E-state index contributed by atoms with van der Waals surface area (Å²) in [7, 11) is 0. The highest BCUT2D eigenvalue weighted by molar-refractivity contribution is 5.87. The van der Waals surface area contributed by atoms with E-state index in [1.165, 1.54) is 0 Å². The Kier molecular flexibility index (Phi) is 3.61. The predicted octanol–water partition coefficient (Wildman–Crippen LogP) is 2.27. The van der Waals surface area contributed by atoms with Crippen LogP contribution in [0.3, 0.4) is 0 Å². The summed E-state index contributed by atoms with van der Waals surface area (Å²) in [5.41, 5.74) is -0.777. The van der Waals surface area contributed by atoms with Crippen LogP contribution in [0.1, 0.15) is 47.0 Å². The van der Waals surface area contributed by atoms with E-state index in [1.807, 2.05) is 27.7 Å². The molecule has 0 aromatic rings. The van der Waals surface area contributed by atoms with Gasteiger partial charge >= 0.3 is 6.09 Å². The normalized spacial score (nSPS) is 17.8. The first-order chi connectivity index (χ1) is 7.29. The highest BCUT2D eigenvalue weighted by Gasteiger charge is 2.48. The second-order valence-corrected chi connectivity index (χ2v) is 5.41. The third-order valence-electron chi connectivity index (χ3n) is 2.74. The molecule has 0 aromatic heterocycles. The number of hydrogen-bond acceptors (Lipinski definition) is 3. The lowest BCUT2D eigenvalue weighted by molar-refractivity contribution is -0.123. The average molecular weight is 227 g/mol. The highest BCUT2D eigenvalue weighted by atomic mass is 16.6. The van der Waals surface area contributed by atoms with Gasteiger partial charge in [0.25, 0.3) is 0 Å². The van der Waals surface area contributed by atoms with Crippen molar-refractivity contribution >= 4 is 11.9 Å². The van der Waals surface area contributed by atoms with Crippen LogP contribution in [0.5, 0.6) is 0 Å². The van der Waals surface area contributed by atoms with E-state index in [9.17, 15) is 9.59 Å². The van der Waals surface area contributed by atoms with Crippen LogP contribution < -0.4 is 5.32 Å². The number of nitrogens with one attached hydrogen (secondary N) is 1. The maximum Gasteiger partial charge on any atom is 0.407 e. The second kappa shape index (κ2) is 4.44. The van der Waals surface area contributed by atoms with E-state index in [1.54, 1.807) is 0 Å². The number of hydrogen-bond donors (Lipinski definition) is 1. The minimum Gasteiger partial charge on any atom is -0.444 e. The molecule has 4 nitrogen and oxygen atoms in total. The van der Waals surface area contributed by atoms with Gasteiger partial charge in [0.1, 0.15) is 11.4 Å². The van der Waals surface area contributed by atoms with Crippen molar-refractivity contribution in [1.29, 1.82) is 0 Å². The van der Waals surface area contributed by atoms with Gasteiger partial charge in [-0.3, -0.25) is 4.79 Å². The van der Waals surface area contributed by atoms with Crippen molar-refractivity contribution in [3.8, 4) is 0 Å². The summed E-state index contributed by atoms with van der Waals surface area (Å²) in [5.74, 6) is 0.239. The Hall–Kier alpha value is -1.06. The molecule has 0 aliphatic heterocycles. The first-order valence-electron chi connectivity index (χ1n) is 5.79. The molecular weight excluding hydrogens is 206 g/mol. The number of rotatable bonds is 4. The summed E-state index contributed by atoms with van der Waals surface area (Å²) >= 11 is 0. The van der Waals surface area contributed by atoms with Crippen molar-refractivity contribution < 1.29 is 14.3 Å². The van der Waals surface area contributed by atoms with Crippen LogP contribution in [0.4, 0.5) is 4.79 Å². The van der Waals surface area contributed by atoms with Crippen LogP contribution in [0, 0.1) is 5.41 Å². The first-order valence-corrected chi connectivity index (χ1v) is 5.79. The molecule has 16 heavy (non-hydrogen) atoms. The van der Waals surface area contributed by atoms with Crippen LogP contribution in [0.15, 0.2) is 0 Å². The maximum absolute atomic E-state index is 11.6. The summed E-state index contributed by atoms with van der Waals surface area (Å²) in [6, 6.07) is 0. The Morgan fingerprint density at radius 1 is 1.31 bits per heavy atom. The van der Waals surface area contributed by atoms with Crippen molar-refractivity contribution in [2.75, 3.05) is 6.54 Å². The Labute approximate surface area is 96.7 Å². The number of carbonyl (C=O) groups is 2. The molecule has 92 valence electrons. The fourth-order valence-corrected chi connectivity index (χ4v) is 1.64. The largest absolute Gasteiger partial charge is 0.444 e. The van der Waals surface area contributed by atoms with E-state index >= 15 is 0 Å². The lowest BCUT2D eigenvalue weighted by Crippen LogP contribution is -2.37. The van der Waals surface area contributed by atoms with Crippen molar-refractivity contribution in [2.45, 2.75) is 52.6 Å². The van der Waals surface area contributed by atoms with Crippen LogP contribution in [0.2, 0.25) is 0 Å². The van der Waals surface area contributed by atoms with E-state index in [4.69, 9.17) is 4.74 Å². The van der Waals surface area contributed by atoms with E-state index in [2.05, 4.69) is 5.32 Å². The van der Waals surface area contributed by atoms with Crippen molar-refractivity contribution in [1.82, 2.24) is 5.32 Å². The number of carbonyl (C=O) groups excluding carboxylic acids is 2. The number of ketones is 1. The SMILES string of the molecule is CCC(=O)C1(CNC(=O)OC(C)(C)C)CC1. The third-order valence-corrected chi connectivity index (χ3v) is 2.74. The molecule has 1 rings (SSSR count). The predicted molar refractivity (Wildman–Crippen MR) is 61.2 cm³/mol. The molecule has 1 N–H and O–H groups in total. The number of Topliss-reactive ketones (excluding diaryl/α,β-unsaturated/α-hetero) is 1. The van der Waals surface area contributed by atoms with Gasteiger partial charge in [0.05, 0.1) is 0 Å². The molecule has 0 atom stereocenters. The second-order valence-electron chi connectivity index (χ2n) is 5.41. The molecule has 0 saturated heterocycles. The van der Waals surface area contributed by atoms with Gasteiger partial charge in [-0.05, 0) is 33.6 Å². The molecule has 1 amide bonds. The van der Waals surface area contributed by atoms with Gasteiger partial charge in [0.15, 0.2) is 0 Å². The molecule has 0 aromatic carbocycles. The average Bonchev–Trinajstić information content (AvgIpc) is 2.92. The van der Waals surface area contributed by atoms with E-state index in [0.717, 1.165) is 12.8 Å². The van der Waals surface area contributed by atoms with Gasteiger partial charge in [-0.25, -0.2) is 4.79 Å². The minimum absolute atomic E-state index is 0.239. The van der Waals surface area contributed by atoms with Crippen LogP contribution >= 0.6 is 0 Å². The summed E-state index contributed by atoms with van der Waals surface area (Å²) in [4.78, 5) is 23.0. The molecule has 0 radical (unpaired) electrons. The van der Waals surface area contributed by atoms with E-state index < -0.39 is 11.7 Å². The van der Waals surface area contributed by atoms with E-state index in [0.29, 0.717) is 13.0 Å². The fourth-order valence-electron chi connectivity index (χ4n) is 1.64. The monoisotopic (exact) mass is 227 g/mol. The highest BCUT2D eigenvalue weighted by Crippen LogP contribution is 2.46. The zero-order valence-corrected chi connectivity index (χ0v) is 10.6. The van der Waals surface area contributed by atoms with Gasteiger partial charge in [-0.1, -0.05) is 6.92 Å². The minimum atomic E-state index is -0.491. The Balaban J connectivity index is 2.35. The molecule has 0 unspecified atom stereocenters. The Morgan fingerprint density at radius 3 is 2.25 bits per heavy atom. The van der Waals surface area contributed by atoms with Gasteiger partial charge in [0.2, 0.25) is 0 Å². The lowest BCUT2D eigenvalue weighted by atomic mass is 9.99. The van der Waals surface area contributed by atoms with Gasteiger partial charge in [-0.2, -0.15) is 0 Å². The quantitative estimate of drug-likeness (QED) is 0.801. The zero-order chi connectivity index (χ0) is 12.4. The van der Waals surface area contributed by atoms with Crippen LogP contribution in [-0.4, -0.2) is 24.0 Å². The lowest BCUT2D eigenvalue weighted by Gasteiger charge is -2.21. The molecular formula is C12H21NO3. The maximum atomic E-state index is 11.6. The molecule has 0 heterocycles. The number of alkyl carbamates (subject to hydrolysis) is 1. The van der Waals surface area contributed by atoms with Crippen molar-refractivity contribution in [2.24, 2.45) is 5.41 Å². The Bertz CT molecular complexity index is 287. The zero-order valence-electron chi connectivity index (χ0n) is 10.6. The molecule has 1 aliphatic rings.